The van der Waals surface area contributed by atoms with Crippen LogP contribution in [0.15, 0.2) is 83.5 Å². The number of ether oxygens (including phenoxy) is 1. The molecule has 0 bridgehead atoms. The van der Waals surface area contributed by atoms with E-state index in [0.29, 0.717) is 22.7 Å². The van der Waals surface area contributed by atoms with Crippen LogP contribution >= 0.6 is 34.2 Å². The molecule has 0 aromatic heterocycles. The summed E-state index contributed by atoms with van der Waals surface area (Å²) in [6, 6.07) is 20.5. The molecule has 1 N–H and O–H groups in total. The fraction of sp³-hybridized carbons (Fsp3) is 0.0417. The molecule has 0 saturated heterocycles. The molecule has 0 unspecified atom stereocenters. The Hall–Kier alpha value is -3.17. The molecular formula is C24H16ClIN2O4. The number of nitrogens with one attached hydrogen (secondary N) is 1. The Kier molecular flexibility index (Phi) is 6.29. The number of nitrogens with zero attached hydrogens (tertiary/aromatic N) is 1. The number of anilines is 2. The maximum atomic E-state index is 12.9. The van der Waals surface area contributed by atoms with Crippen LogP contribution in [0.3, 0.4) is 0 Å². The number of rotatable bonds is 5. The SMILES string of the molecule is Cc1ccccc1N1C(=O)C(Cl)=C(Nc2ccc(C(=O)Oc3ccc(I)cc3)cc2)C1=O. The number of carbonyl (C=O) groups is 3. The average Bonchev–Trinajstić information content (AvgIpc) is 2.99. The lowest BCUT2D eigenvalue weighted by Crippen LogP contribution is -2.32. The number of benzene rings is 3. The van der Waals surface area contributed by atoms with E-state index in [2.05, 4.69) is 27.9 Å². The highest BCUT2D eigenvalue weighted by molar-refractivity contribution is 14.1. The fourth-order valence-corrected chi connectivity index (χ4v) is 3.72. The van der Waals surface area contributed by atoms with Gasteiger partial charge in [0, 0.05) is 9.26 Å². The van der Waals surface area contributed by atoms with Crippen LogP contribution in [0.2, 0.25) is 0 Å². The van der Waals surface area contributed by atoms with Crippen LogP contribution in [0.25, 0.3) is 0 Å². The molecule has 1 heterocycles. The van der Waals surface area contributed by atoms with Crippen molar-refractivity contribution in [3.8, 4) is 5.75 Å². The molecular weight excluding hydrogens is 543 g/mol. The zero-order valence-electron chi connectivity index (χ0n) is 16.8. The van der Waals surface area contributed by atoms with Crippen molar-refractivity contribution in [1.82, 2.24) is 0 Å². The van der Waals surface area contributed by atoms with Crippen molar-refractivity contribution in [2.45, 2.75) is 6.92 Å². The first kappa shape index (κ1) is 22.0. The molecule has 1 aliphatic rings. The third kappa shape index (κ3) is 4.39. The first-order chi connectivity index (χ1) is 15.3. The van der Waals surface area contributed by atoms with Crippen LogP contribution in [0, 0.1) is 10.5 Å². The lowest BCUT2D eigenvalue weighted by atomic mass is 10.2. The number of carbonyl (C=O) groups excluding carboxylic acids is 3. The van der Waals surface area contributed by atoms with Gasteiger partial charge in [-0.15, -0.1) is 0 Å². The Morgan fingerprint density at radius 1 is 0.938 bits per heavy atom. The minimum Gasteiger partial charge on any atom is -0.423 e. The summed E-state index contributed by atoms with van der Waals surface area (Å²) in [6.45, 7) is 1.81. The largest absolute Gasteiger partial charge is 0.423 e. The van der Waals surface area contributed by atoms with Gasteiger partial charge < -0.3 is 10.1 Å². The summed E-state index contributed by atoms with van der Waals surface area (Å²) in [5, 5.41) is 2.70. The van der Waals surface area contributed by atoms with Crippen molar-refractivity contribution in [2.24, 2.45) is 0 Å². The van der Waals surface area contributed by atoms with Gasteiger partial charge in [-0.2, -0.15) is 0 Å². The zero-order chi connectivity index (χ0) is 22.8. The molecule has 0 radical (unpaired) electrons. The summed E-state index contributed by atoms with van der Waals surface area (Å²) in [5.74, 6) is -1.20. The highest BCUT2D eigenvalue weighted by atomic mass is 127. The van der Waals surface area contributed by atoms with Crippen LogP contribution < -0.4 is 15.0 Å². The van der Waals surface area contributed by atoms with Crippen molar-refractivity contribution in [1.29, 1.82) is 0 Å². The molecule has 4 rings (SSSR count). The topological polar surface area (TPSA) is 75.7 Å². The molecule has 1 aliphatic heterocycles. The van der Waals surface area contributed by atoms with Gasteiger partial charge in [-0.1, -0.05) is 29.8 Å². The van der Waals surface area contributed by atoms with Crippen molar-refractivity contribution in [3.63, 3.8) is 0 Å². The first-order valence-electron chi connectivity index (χ1n) is 9.54. The van der Waals surface area contributed by atoms with Gasteiger partial charge >= 0.3 is 5.97 Å². The Morgan fingerprint density at radius 2 is 1.59 bits per heavy atom. The Bertz CT molecular complexity index is 1250. The molecule has 2 amide bonds. The minimum absolute atomic E-state index is 0.0193. The molecule has 0 atom stereocenters. The van der Waals surface area contributed by atoms with Gasteiger partial charge in [-0.3, -0.25) is 9.59 Å². The summed E-state index contributed by atoms with van der Waals surface area (Å²) in [4.78, 5) is 38.9. The van der Waals surface area contributed by atoms with Gasteiger partial charge in [0.2, 0.25) is 0 Å². The summed E-state index contributed by atoms with van der Waals surface area (Å²) < 4.78 is 6.39. The predicted molar refractivity (Wildman–Crippen MR) is 131 cm³/mol. The van der Waals surface area contributed by atoms with Gasteiger partial charge in [0.1, 0.15) is 16.5 Å². The van der Waals surface area contributed by atoms with Crippen molar-refractivity contribution in [3.05, 3.63) is 98.2 Å². The number of imide groups is 1. The quantitative estimate of drug-likeness (QED) is 0.200. The molecule has 0 saturated carbocycles. The van der Waals surface area contributed by atoms with Crippen LogP contribution in [-0.4, -0.2) is 17.8 Å². The number of para-hydroxylation sites is 1. The van der Waals surface area contributed by atoms with E-state index < -0.39 is 17.8 Å². The van der Waals surface area contributed by atoms with E-state index in [-0.39, 0.29) is 10.7 Å². The summed E-state index contributed by atoms with van der Waals surface area (Å²) in [7, 11) is 0. The molecule has 3 aromatic carbocycles. The fourth-order valence-electron chi connectivity index (χ4n) is 3.15. The van der Waals surface area contributed by atoms with Crippen molar-refractivity contribution in [2.75, 3.05) is 10.2 Å². The van der Waals surface area contributed by atoms with Crippen LogP contribution in [0.4, 0.5) is 11.4 Å². The monoisotopic (exact) mass is 558 g/mol. The molecule has 3 aromatic rings. The second-order valence-corrected chi connectivity index (χ2v) is 8.59. The number of aryl methyl sites for hydroxylation is 1. The second kappa shape index (κ2) is 9.13. The molecule has 0 fully saturated rings. The Balaban J connectivity index is 1.49. The summed E-state index contributed by atoms with van der Waals surface area (Å²) >= 11 is 8.35. The normalized spacial score (nSPS) is 13.5. The predicted octanol–water partition coefficient (Wildman–Crippen LogP) is 5.25. The molecule has 32 heavy (non-hydrogen) atoms. The van der Waals surface area contributed by atoms with Crippen LogP contribution in [-0.2, 0) is 9.59 Å². The van der Waals surface area contributed by atoms with Gasteiger partial charge in [0.15, 0.2) is 0 Å². The van der Waals surface area contributed by atoms with Crippen LogP contribution in [0.5, 0.6) is 5.75 Å². The van der Waals surface area contributed by atoms with E-state index in [9.17, 15) is 14.4 Å². The van der Waals surface area contributed by atoms with Crippen molar-refractivity contribution >= 4 is 63.4 Å². The second-order valence-electron chi connectivity index (χ2n) is 6.97. The average molecular weight is 559 g/mol. The first-order valence-corrected chi connectivity index (χ1v) is 11.0. The Labute approximate surface area is 203 Å². The maximum absolute atomic E-state index is 12.9. The van der Waals surface area contributed by atoms with E-state index in [0.717, 1.165) is 14.0 Å². The lowest BCUT2D eigenvalue weighted by molar-refractivity contribution is -0.120. The highest BCUT2D eigenvalue weighted by Crippen LogP contribution is 2.31. The van der Waals surface area contributed by atoms with E-state index in [1.807, 2.05) is 31.2 Å². The van der Waals surface area contributed by atoms with Gasteiger partial charge in [0.05, 0.1) is 11.3 Å². The molecule has 0 aliphatic carbocycles. The van der Waals surface area contributed by atoms with Gasteiger partial charge in [0.25, 0.3) is 11.8 Å². The maximum Gasteiger partial charge on any atom is 0.343 e. The van der Waals surface area contributed by atoms with Gasteiger partial charge in [-0.05, 0) is 89.7 Å². The molecule has 160 valence electrons. The number of esters is 1. The van der Waals surface area contributed by atoms with Crippen LogP contribution in [0.1, 0.15) is 15.9 Å². The number of hydrogen-bond donors (Lipinski definition) is 1. The summed E-state index contributed by atoms with van der Waals surface area (Å²) in [6.07, 6.45) is 0. The van der Waals surface area contributed by atoms with E-state index in [4.69, 9.17) is 16.3 Å². The third-order valence-corrected chi connectivity index (χ3v) is 5.87. The minimum atomic E-state index is -0.591. The number of halogens is 2. The molecule has 0 spiro atoms. The van der Waals surface area contributed by atoms with Gasteiger partial charge in [-0.25, -0.2) is 9.69 Å². The smallest absolute Gasteiger partial charge is 0.343 e. The Morgan fingerprint density at radius 3 is 2.25 bits per heavy atom. The highest BCUT2D eigenvalue weighted by Gasteiger charge is 2.39. The van der Waals surface area contributed by atoms with E-state index in [1.165, 1.54) is 0 Å². The standard InChI is InChI=1S/C24H16ClIN2O4/c1-14-4-2-3-5-19(14)28-22(29)20(25)21(23(28)30)27-17-10-6-15(7-11-17)24(31)32-18-12-8-16(26)9-13-18/h2-13,27H,1H3. The van der Waals surface area contributed by atoms with E-state index in [1.54, 1.807) is 48.5 Å². The molecule has 8 heteroatoms. The van der Waals surface area contributed by atoms with E-state index >= 15 is 0 Å². The van der Waals surface area contributed by atoms with Crippen molar-refractivity contribution < 1.29 is 19.1 Å². The lowest BCUT2D eigenvalue weighted by Gasteiger charge is -2.17. The number of amides is 2. The summed E-state index contributed by atoms with van der Waals surface area (Å²) in [5.41, 5.74) is 2.07. The zero-order valence-corrected chi connectivity index (χ0v) is 19.7. The third-order valence-electron chi connectivity index (χ3n) is 4.80. The molecule has 6 nitrogen and oxygen atoms in total. The number of hydrogen-bond acceptors (Lipinski definition) is 5.